The molecule has 1 N–H and O–H groups in total. The number of piperazine rings is 1. The van der Waals surface area contributed by atoms with Gasteiger partial charge >= 0.3 is 6.03 Å². The summed E-state index contributed by atoms with van der Waals surface area (Å²) in [5.41, 5.74) is 0.968. The highest BCUT2D eigenvalue weighted by molar-refractivity contribution is 6.36. The molecule has 2 heterocycles. The van der Waals surface area contributed by atoms with Gasteiger partial charge in [-0.2, -0.15) is 0 Å². The van der Waals surface area contributed by atoms with Crippen molar-refractivity contribution in [2.75, 3.05) is 44.2 Å². The van der Waals surface area contributed by atoms with Gasteiger partial charge in [-0.05, 0) is 31.0 Å². The molecule has 2 aliphatic rings. The van der Waals surface area contributed by atoms with Gasteiger partial charge in [-0.1, -0.05) is 23.2 Å². The van der Waals surface area contributed by atoms with Gasteiger partial charge in [-0.3, -0.25) is 0 Å². The van der Waals surface area contributed by atoms with Crippen LogP contribution in [0.5, 0.6) is 0 Å². The van der Waals surface area contributed by atoms with Crippen molar-refractivity contribution in [3.05, 3.63) is 28.2 Å². The molecule has 2 saturated heterocycles. The maximum atomic E-state index is 12.2. The quantitative estimate of drug-likeness (QED) is 0.904. The molecule has 0 radical (unpaired) electrons. The van der Waals surface area contributed by atoms with Gasteiger partial charge in [0.25, 0.3) is 0 Å². The highest BCUT2D eigenvalue weighted by Gasteiger charge is 2.23. The minimum Gasteiger partial charge on any atom is -0.376 e. The number of carbonyl (C=O) groups is 1. The number of benzene rings is 1. The zero-order valence-corrected chi connectivity index (χ0v) is 14.4. The summed E-state index contributed by atoms with van der Waals surface area (Å²) in [7, 11) is 0. The van der Waals surface area contributed by atoms with Gasteiger partial charge in [0.1, 0.15) is 0 Å². The second-order valence-corrected chi connectivity index (χ2v) is 6.73. The number of rotatable bonds is 3. The first-order chi connectivity index (χ1) is 11.1. The van der Waals surface area contributed by atoms with E-state index in [1.165, 1.54) is 0 Å². The van der Waals surface area contributed by atoms with Crippen LogP contribution in [0.25, 0.3) is 0 Å². The largest absolute Gasteiger partial charge is 0.376 e. The Balaban J connectivity index is 1.48. The first-order valence-corrected chi connectivity index (χ1v) is 8.73. The number of ether oxygens (including phenoxy) is 1. The first-order valence-electron chi connectivity index (χ1n) is 7.98. The summed E-state index contributed by atoms with van der Waals surface area (Å²) in [6.45, 7) is 4.28. The average molecular weight is 358 g/mol. The Morgan fingerprint density at radius 1 is 1.26 bits per heavy atom. The van der Waals surface area contributed by atoms with E-state index in [9.17, 15) is 4.79 Å². The van der Waals surface area contributed by atoms with E-state index in [4.69, 9.17) is 27.9 Å². The minimum atomic E-state index is -0.0117. The summed E-state index contributed by atoms with van der Waals surface area (Å²) in [6.07, 6.45) is 2.29. The predicted molar refractivity (Wildman–Crippen MR) is 92.6 cm³/mol. The molecule has 7 heteroatoms. The Hall–Kier alpha value is -1.17. The van der Waals surface area contributed by atoms with Crippen molar-refractivity contribution >= 4 is 34.9 Å². The van der Waals surface area contributed by atoms with Crippen LogP contribution in [0.2, 0.25) is 10.0 Å². The molecule has 5 nitrogen and oxygen atoms in total. The second-order valence-electron chi connectivity index (χ2n) is 5.89. The van der Waals surface area contributed by atoms with E-state index in [-0.39, 0.29) is 12.1 Å². The van der Waals surface area contributed by atoms with Gasteiger partial charge in [0.15, 0.2) is 0 Å². The molecule has 3 rings (SSSR count). The summed E-state index contributed by atoms with van der Waals surface area (Å²) in [5, 5.41) is 4.25. The zero-order chi connectivity index (χ0) is 16.2. The second kappa shape index (κ2) is 7.60. The number of anilines is 1. The van der Waals surface area contributed by atoms with E-state index in [1.54, 1.807) is 6.07 Å². The van der Waals surface area contributed by atoms with Crippen molar-refractivity contribution in [2.45, 2.75) is 18.9 Å². The normalized spacial score (nSPS) is 21.6. The lowest BCUT2D eigenvalue weighted by Crippen LogP contribution is -2.52. The van der Waals surface area contributed by atoms with E-state index in [1.807, 2.05) is 17.0 Å². The van der Waals surface area contributed by atoms with E-state index in [2.05, 4.69) is 10.2 Å². The molecular weight excluding hydrogens is 337 g/mol. The summed E-state index contributed by atoms with van der Waals surface area (Å²) >= 11 is 12.2. The van der Waals surface area contributed by atoms with Crippen molar-refractivity contribution in [1.82, 2.24) is 10.2 Å². The molecule has 0 aromatic heterocycles. The third kappa shape index (κ3) is 4.22. The Bertz CT molecular complexity index is 556. The fraction of sp³-hybridized carbons (Fsp3) is 0.562. The monoisotopic (exact) mass is 357 g/mol. The molecule has 126 valence electrons. The van der Waals surface area contributed by atoms with Crippen LogP contribution < -0.4 is 10.2 Å². The highest BCUT2D eigenvalue weighted by atomic mass is 35.5. The van der Waals surface area contributed by atoms with E-state index in [0.717, 1.165) is 38.2 Å². The lowest BCUT2D eigenvalue weighted by Gasteiger charge is -2.36. The number of hydrogen-bond acceptors (Lipinski definition) is 3. The molecule has 1 aromatic rings. The molecule has 2 aliphatic heterocycles. The molecule has 1 unspecified atom stereocenters. The van der Waals surface area contributed by atoms with Crippen LogP contribution in [0.15, 0.2) is 18.2 Å². The van der Waals surface area contributed by atoms with Crippen molar-refractivity contribution in [1.29, 1.82) is 0 Å². The van der Waals surface area contributed by atoms with Crippen LogP contribution in [-0.2, 0) is 4.74 Å². The number of halogens is 2. The van der Waals surface area contributed by atoms with Crippen LogP contribution in [0.3, 0.4) is 0 Å². The first kappa shape index (κ1) is 16.7. The molecule has 1 atom stereocenters. The molecule has 0 spiro atoms. The third-order valence-corrected chi connectivity index (χ3v) is 4.86. The molecule has 23 heavy (non-hydrogen) atoms. The fourth-order valence-electron chi connectivity index (χ4n) is 3.01. The van der Waals surface area contributed by atoms with E-state index in [0.29, 0.717) is 29.7 Å². The van der Waals surface area contributed by atoms with Gasteiger partial charge in [-0.25, -0.2) is 4.79 Å². The van der Waals surface area contributed by atoms with E-state index < -0.39 is 0 Å². The van der Waals surface area contributed by atoms with Crippen molar-refractivity contribution in [3.63, 3.8) is 0 Å². The SMILES string of the molecule is O=C(NCC1CCCO1)N1CCN(c2ccc(Cl)cc2Cl)CC1. The van der Waals surface area contributed by atoms with Gasteiger partial charge in [0, 0.05) is 44.4 Å². The van der Waals surface area contributed by atoms with Gasteiger partial charge < -0.3 is 19.9 Å². The van der Waals surface area contributed by atoms with Crippen molar-refractivity contribution in [2.24, 2.45) is 0 Å². The number of nitrogens with one attached hydrogen (secondary N) is 1. The summed E-state index contributed by atoms with van der Waals surface area (Å²) in [4.78, 5) is 16.2. The van der Waals surface area contributed by atoms with Crippen LogP contribution in [-0.4, -0.2) is 56.4 Å². The standard InChI is InChI=1S/C16H21Cl2N3O2/c17-12-3-4-15(14(18)10-12)20-5-7-21(8-6-20)16(22)19-11-13-2-1-9-23-13/h3-4,10,13H,1-2,5-9,11H2,(H,19,22). The molecule has 0 saturated carbocycles. The molecule has 2 fully saturated rings. The van der Waals surface area contributed by atoms with E-state index >= 15 is 0 Å². The number of nitrogens with zero attached hydrogens (tertiary/aromatic N) is 2. The van der Waals surface area contributed by atoms with Crippen LogP contribution in [0, 0.1) is 0 Å². The fourth-order valence-corrected chi connectivity index (χ4v) is 3.53. The average Bonchev–Trinajstić information content (AvgIpc) is 3.06. The van der Waals surface area contributed by atoms with Crippen LogP contribution in [0.1, 0.15) is 12.8 Å². The van der Waals surface area contributed by atoms with Crippen LogP contribution in [0.4, 0.5) is 10.5 Å². The van der Waals surface area contributed by atoms with Gasteiger partial charge in [0.2, 0.25) is 0 Å². The highest BCUT2D eigenvalue weighted by Crippen LogP contribution is 2.29. The topological polar surface area (TPSA) is 44.8 Å². The Labute approximate surface area is 146 Å². The Morgan fingerprint density at radius 3 is 2.70 bits per heavy atom. The summed E-state index contributed by atoms with van der Waals surface area (Å²) in [5.74, 6) is 0. The number of urea groups is 1. The summed E-state index contributed by atoms with van der Waals surface area (Å²) in [6, 6.07) is 5.50. The molecule has 2 amide bonds. The Morgan fingerprint density at radius 2 is 2.04 bits per heavy atom. The summed E-state index contributed by atoms with van der Waals surface area (Å²) < 4.78 is 5.52. The smallest absolute Gasteiger partial charge is 0.317 e. The molecule has 0 aliphatic carbocycles. The minimum absolute atomic E-state index is 0.0117. The zero-order valence-electron chi connectivity index (χ0n) is 12.9. The van der Waals surface area contributed by atoms with Crippen molar-refractivity contribution in [3.8, 4) is 0 Å². The molecule has 0 bridgehead atoms. The van der Waals surface area contributed by atoms with Crippen LogP contribution >= 0.6 is 23.2 Å². The molecule has 1 aromatic carbocycles. The van der Waals surface area contributed by atoms with Crippen molar-refractivity contribution < 1.29 is 9.53 Å². The lowest BCUT2D eigenvalue weighted by atomic mass is 10.2. The maximum absolute atomic E-state index is 12.2. The van der Waals surface area contributed by atoms with Gasteiger partial charge in [-0.15, -0.1) is 0 Å². The lowest BCUT2D eigenvalue weighted by molar-refractivity contribution is 0.108. The maximum Gasteiger partial charge on any atom is 0.317 e. The number of hydrogen-bond donors (Lipinski definition) is 1. The third-order valence-electron chi connectivity index (χ3n) is 4.32. The number of amides is 2. The number of carbonyl (C=O) groups excluding carboxylic acids is 1. The Kier molecular flexibility index (Phi) is 5.51. The predicted octanol–water partition coefficient (Wildman–Crippen LogP) is 3.00. The van der Waals surface area contributed by atoms with Gasteiger partial charge in [0.05, 0.1) is 16.8 Å². The molecular formula is C16H21Cl2N3O2.